The molecule has 3 amide bonds. The maximum atomic E-state index is 13.3. The molecule has 2 aromatic rings. The smallest absolute Gasteiger partial charge is 0.330 e. The van der Waals surface area contributed by atoms with Gasteiger partial charge < -0.3 is 10.1 Å². The van der Waals surface area contributed by atoms with E-state index in [-0.39, 0.29) is 30.1 Å². The van der Waals surface area contributed by atoms with Gasteiger partial charge in [-0.1, -0.05) is 48.6 Å². The molecule has 7 nitrogen and oxygen atoms in total. The van der Waals surface area contributed by atoms with Gasteiger partial charge >= 0.3 is 5.97 Å². The van der Waals surface area contributed by atoms with Gasteiger partial charge in [-0.15, -0.1) is 0 Å². The number of allylic oxidation sites excluding steroid dienone is 2. The van der Waals surface area contributed by atoms with Crippen LogP contribution in [0, 0.1) is 37.5 Å². The van der Waals surface area contributed by atoms with Crippen molar-refractivity contribution in [2.75, 3.05) is 11.9 Å². The molecule has 2 aromatic carbocycles. The lowest BCUT2D eigenvalue weighted by molar-refractivity contribution is -0.160. The van der Waals surface area contributed by atoms with E-state index < -0.39 is 36.4 Å². The van der Waals surface area contributed by atoms with Crippen LogP contribution >= 0.6 is 0 Å². The second-order valence-electron chi connectivity index (χ2n) is 9.71. The van der Waals surface area contributed by atoms with E-state index in [0.29, 0.717) is 5.69 Å². The molecule has 2 bridgehead atoms. The number of esters is 1. The Balaban J connectivity index is 1.31. The average molecular weight is 473 g/mol. The molecule has 1 saturated carbocycles. The summed E-state index contributed by atoms with van der Waals surface area (Å²) in [6.45, 7) is 3.42. The Bertz CT molecular complexity index is 1190. The zero-order valence-electron chi connectivity index (χ0n) is 19.8. The SMILES string of the molecule is Cc1ccc(NC(=O)COC(=O)[C@H](Cc2ccccc2)N2C(=O)[C@H]3[C@H](C2=O)[C@H]2C=C[C@H]3C2)cc1C. The second kappa shape index (κ2) is 9.13. The molecule has 5 atom stereocenters. The van der Waals surface area contributed by atoms with Crippen molar-refractivity contribution in [3.8, 4) is 0 Å². The zero-order valence-corrected chi connectivity index (χ0v) is 19.8. The van der Waals surface area contributed by atoms with Crippen LogP contribution in [0.25, 0.3) is 0 Å². The molecule has 1 N–H and O–H groups in total. The number of carbonyl (C=O) groups excluding carboxylic acids is 4. The number of fused-ring (bicyclic) bond motifs is 5. The minimum Gasteiger partial charge on any atom is -0.454 e. The normalized spacial score (nSPS) is 25.0. The lowest BCUT2D eigenvalue weighted by atomic mass is 9.85. The number of amides is 3. The van der Waals surface area contributed by atoms with E-state index >= 15 is 0 Å². The number of likely N-dealkylation sites (tertiary alicyclic amines) is 1. The zero-order chi connectivity index (χ0) is 24.7. The number of nitrogens with one attached hydrogen (secondary N) is 1. The summed E-state index contributed by atoms with van der Waals surface area (Å²) in [6, 6.07) is 13.6. The van der Waals surface area contributed by atoms with Crippen LogP contribution in [-0.4, -0.2) is 41.2 Å². The highest BCUT2D eigenvalue weighted by atomic mass is 16.5. The minimum atomic E-state index is -1.11. The van der Waals surface area contributed by atoms with Crippen LogP contribution in [0.15, 0.2) is 60.7 Å². The first-order valence-electron chi connectivity index (χ1n) is 12.0. The van der Waals surface area contributed by atoms with E-state index in [9.17, 15) is 19.2 Å². The second-order valence-corrected chi connectivity index (χ2v) is 9.71. The molecule has 2 fully saturated rings. The molecular weight excluding hydrogens is 444 g/mol. The van der Waals surface area contributed by atoms with E-state index in [1.54, 1.807) is 6.07 Å². The Morgan fingerprint density at radius 2 is 1.63 bits per heavy atom. The van der Waals surface area contributed by atoms with Crippen LogP contribution in [-0.2, 0) is 30.3 Å². The van der Waals surface area contributed by atoms with Crippen LogP contribution < -0.4 is 5.32 Å². The van der Waals surface area contributed by atoms with Crippen molar-refractivity contribution in [1.82, 2.24) is 4.90 Å². The van der Waals surface area contributed by atoms with Gasteiger partial charge in [-0.05, 0) is 60.9 Å². The molecule has 0 unspecified atom stereocenters. The highest BCUT2D eigenvalue weighted by Crippen LogP contribution is 2.53. The Morgan fingerprint density at radius 3 is 2.26 bits per heavy atom. The largest absolute Gasteiger partial charge is 0.454 e. The van der Waals surface area contributed by atoms with Crippen molar-refractivity contribution < 1.29 is 23.9 Å². The summed E-state index contributed by atoms with van der Waals surface area (Å²) < 4.78 is 5.35. The summed E-state index contributed by atoms with van der Waals surface area (Å²) in [5.74, 6) is -2.59. The van der Waals surface area contributed by atoms with Crippen LogP contribution in [0.2, 0.25) is 0 Å². The summed E-state index contributed by atoms with van der Waals surface area (Å²) >= 11 is 0. The quantitative estimate of drug-likeness (QED) is 0.380. The first-order chi connectivity index (χ1) is 16.8. The van der Waals surface area contributed by atoms with Gasteiger partial charge in [0.15, 0.2) is 6.61 Å². The number of aryl methyl sites for hydroxylation is 2. The van der Waals surface area contributed by atoms with Crippen molar-refractivity contribution in [2.24, 2.45) is 23.7 Å². The average Bonchev–Trinajstić information content (AvgIpc) is 3.53. The first kappa shape index (κ1) is 23.0. The van der Waals surface area contributed by atoms with E-state index in [4.69, 9.17) is 4.74 Å². The van der Waals surface area contributed by atoms with Gasteiger partial charge in [0.1, 0.15) is 6.04 Å². The van der Waals surface area contributed by atoms with Gasteiger partial charge in [-0.25, -0.2) is 4.79 Å². The molecule has 35 heavy (non-hydrogen) atoms. The summed E-state index contributed by atoms with van der Waals surface area (Å²) in [5, 5.41) is 2.72. The summed E-state index contributed by atoms with van der Waals surface area (Å²) in [4.78, 5) is 53.5. The number of carbonyl (C=O) groups is 4. The van der Waals surface area contributed by atoms with Crippen LogP contribution in [0.5, 0.6) is 0 Å². The standard InChI is InChI=1S/C28H28N2O5/c1-16-8-11-21(12-17(16)2)29-23(31)15-35-28(34)22(13-18-6-4-3-5-7-18)30-26(32)24-19-9-10-20(14-19)25(24)27(30)33/h3-12,19-20,22,24-25H,13-15H2,1-2H3,(H,29,31)/t19-,20-,22-,24+,25+/m0/s1. The Labute approximate surface area is 204 Å². The van der Waals surface area contributed by atoms with Gasteiger partial charge in [0.25, 0.3) is 5.91 Å². The minimum absolute atomic E-state index is 0.0450. The van der Waals surface area contributed by atoms with E-state index in [2.05, 4.69) is 5.32 Å². The van der Waals surface area contributed by atoms with E-state index in [1.165, 1.54) is 0 Å². The molecule has 0 radical (unpaired) electrons. The van der Waals surface area contributed by atoms with E-state index in [0.717, 1.165) is 28.0 Å². The Hall–Kier alpha value is -3.74. The van der Waals surface area contributed by atoms with Crippen molar-refractivity contribution >= 4 is 29.4 Å². The Kier molecular flexibility index (Phi) is 6.01. The van der Waals surface area contributed by atoms with Crippen LogP contribution in [0.1, 0.15) is 23.1 Å². The summed E-state index contributed by atoms with van der Waals surface area (Å²) in [6.07, 6.45) is 4.98. The molecule has 0 spiro atoms. The topological polar surface area (TPSA) is 92.8 Å². The molecule has 1 aliphatic heterocycles. The number of ether oxygens (including phenoxy) is 1. The number of imide groups is 1. The van der Waals surface area contributed by atoms with Crippen molar-refractivity contribution in [3.05, 3.63) is 77.4 Å². The van der Waals surface area contributed by atoms with Crippen LogP contribution in [0.4, 0.5) is 5.69 Å². The predicted molar refractivity (Wildman–Crippen MR) is 129 cm³/mol. The van der Waals surface area contributed by atoms with Gasteiger partial charge in [0, 0.05) is 12.1 Å². The van der Waals surface area contributed by atoms with E-state index in [1.807, 2.05) is 68.5 Å². The van der Waals surface area contributed by atoms with Gasteiger partial charge in [0.2, 0.25) is 11.8 Å². The lowest BCUT2D eigenvalue weighted by Gasteiger charge is -2.26. The first-order valence-corrected chi connectivity index (χ1v) is 12.0. The van der Waals surface area contributed by atoms with Gasteiger partial charge in [0.05, 0.1) is 11.8 Å². The molecule has 5 rings (SSSR count). The molecule has 3 aliphatic rings. The molecule has 1 saturated heterocycles. The molecular formula is C28H28N2O5. The number of hydrogen-bond donors (Lipinski definition) is 1. The molecule has 2 aliphatic carbocycles. The van der Waals surface area contributed by atoms with Gasteiger partial charge in [-0.3, -0.25) is 19.3 Å². The summed E-state index contributed by atoms with van der Waals surface area (Å²) in [5.41, 5.74) is 3.54. The van der Waals surface area contributed by atoms with Crippen molar-refractivity contribution in [1.29, 1.82) is 0 Å². The van der Waals surface area contributed by atoms with Crippen LogP contribution in [0.3, 0.4) is 0 Å². The fraction of sp³-hybridized carbons (Fsp3) is 0.357. The fourth-order valence-corrected chi connectivity index (χ4v) is 5.60. The number of nitrogens with zero attached hydrogens (tertiary/aromatic N) is 1. The third-order valence-corrected chi connectivity index (χ3v) is 7.50. The maximum absolute atomic E-state index is 13.3. The molecule has 0 aromatic heterocycles. The fourth-order valence-electron chi connectivity index (χ4n) is 5.60. The third-order valence-electron chi connectivity index (χ3n) is 7.50. The monoisotopic (exact) mass is 472 g/mol. The highest BCUT2D eigenvalue weighted by Gasteiger charge is 2.61. The number of hydrogen-bond acceptors (Lipinski definition) is 5. The van der Waals surface area contributed by atoms with Crippen molar-refractivity contribution in [3.63, 3.8) is 0 Å². The van der Waals surface area contributed by atoms with Crippen molar-refractivity contribution in [2.45, 2.75) is 32.7 Å². The molecule has 180 valence electrons. The maximum Gasteiger partial charge on any atom is 0.330 e. The Morgan fingerprint density at radius 1 is 0.971 bits per heavy atom. The predicted octanol–water partition coefficient (Wildman–Crippen LogP) is 3.20. The summed E-state index contributed by atoms with van der Waals surface area (Å²) in [7, 11) is 0. The number of rotatable bonds is 7. The highest BCUT2D eigenvalue weighted by molar-refractivity contribution is 6.09. The number of benzene rings is 2. The van der Waals surface area contributed by atoms with Gasteiger partial charge in [-0.2, -0.15) is 0 Å². The number of anilines is 1. The third kappa shape index (κ3) is 4.27. The molecule has 1 heterocycles. The lowest BCUT2D eigenvalue weighted by Crippen LogP contribution is -2.48. The molecule has 7 heteroatoms.